The first-order valence-corrected chi connectivity index (χ1v) is 6.04. The van der Waals surface area contributed by atoms with Gasteiger partial charge in [-0.15, -0.1) is 0 Å². The SMILES string of the molecule is CCN(C(=O)c1ccoc1)c1cc(C)cc(C)c1. The van der Waals surface area contributed by atoms with Crippen molar-refractivity contribution in [2.45, 2.75) is 20.8 Å². The zero-order valence-corrected chi connectivity index (χ0v) is 10.9. The lowest BCUT2D eigenvalue weighted by molar-refractivity contribution is 0.0987. The summed E-state index contributed by atoms with van der Waals surface area (Å²) in [6.45, 7) is 6.67. The molecule has 0 aliphatic carbocycles. The van der Waals surface area contributed by atoms with Crippen LogP contribution in [0.25, 0.3) is 0 Å². The maximum atomic E-state index is 12.3. The number of hydrogen-bond donors (Lipinski definition) is 0. The topological polar surface area (TPSA) is 33.5 Å². The average Bonchev–Trinajstić information content (AvgIpc) is 2.81. The van der Waals surface area contributed by atoms with Gasteiger partial charge in [0.05, 0.1) is 11.8 Å². The molecule has 0 atom stereocenters. The number of nitrogens with zero attached hydrogens (tertiary/aromatic N) is 1. The zero-order chi connectivity index (χ0) is 13.1. The lowest BCUT2D eigenvalue weighted by Gasteiger charge is -2.21. The maximum Gasteiger partial charge on any atom is 0.261 e. The zero-order valence-electron chi connectivity index (χ0n) is 10.9. The molecule has 1 amide bonds. The summed E-state index contributed by atoms with van der Waals surface area (Å²) in [5.41, 5.74) is 3.82. The summed E-state index contributed by atoms with van der Waals surface area (Å²) < 4.78 is 4.97. The van der Waals surface area contributed by atoms with Crippen molar-refractivity contribution < 1.29 is 9.21 Å². The molecule has 0 spiro atoms. The van der Waals surface area contributed by atoms with Gasteiger partial charge in [0.25, 0.3) is 5.91 Å². The van der Waals surface area contributed by atoms with Gasteiger partial charge in [0.1, 0.15) is 6.26 Å². The molecule has 3 heteroatoms. The van der Waals surface area contributed by atoms with Crippen molar-refractivity contribution in [2.75, 3.05) is 11.4 Å². The van der Waals surface area contributed by atoms with Crippen molar-refractivity contribution in [2.24, 2.45) is 0 Å². The van der Waals surface area contributed by atoms with Crippen molar-refractivity contribution in [3.05, 3.63) is 53.5 Å². The Balaban J connectivity index is 2.36. The molecule has 0 unspecified atom stereocenters. The van der Waals surface area contributed by atoms with Crippen LogP contribution in [-0.2, 0) is 0 Å². The van der Waals surface area contributed by atoms with Gasteiger partial charge in [0, 0.05) is 12.2 Å². The lowest BCUT2D eigenvalue weighted by Crippen LogP contribution is -2.30. The second kappa shape index (κ2) is 5.08. The first kappa shape index (κ1) is 12.4. The molecule has 0 N–H and O–H groups in total. The first-order valence-electron chi connectivity index (χ1n) is 6.04. The number of rotatable bonds is 3. The fourth-order valence-electron chi connectivity index (χ4n) is 2.09. The van der Waals surface area contributed by atoms with Crippen molar-refractivity contribution in [3.8, 4) is 0 Å². The molecular weight excluding hydrogens is 226 g/mol. The average molecular weight is 243 g/mol. The third-order valence-corrected chi connectivity index (χ3v) is 2.85. The van der Waals surface area contributed by atoms with E-state index in [9.17, 15) is 4.79 Å². The van der Waals surface area contributed by atoms with E-state index >= 15 is 0 Å². The van der Waals surface area contributed by atoms with Gasteiger partial charge in [-0.2, -0.15) is 0 Å². The Kier molecular flexibility index (Phi) is 3.51. The van der Waals surface area contributed by atoms with Crippen LogP contribution in [0.15, 0.2) is 41.2 Å². The maximum absolute atomic E-state index is 12.3. The largest absolute Gasteiger partial charge is 0.472 e. The van der Waals surface area contributed by atoms with Crippen molar-refractivity contribution >= 4 is 11.6 Å². The van der Waals surface area contributed by atoms with Crippen LogP contribution in [0.5, 0.6) is 0 Å². The Labute approximate surface area is 107 Å². The highest BCUT2D eigenvalue weighted by Gasteiger charge is 2.17. The highest BCUT2D eigenvalue weighted by molar-refractivity contribution is 6.05. The molecule has 3 nitrogen and oxygen atoms in total. The second-order valence-corrected chi connectivity index (χ2v) is 4.41. The lowest BCUT2D eigenvalue weighted by atomic mass is 10.1. The van der Waals surface area contributed by atoms with Crippen LogP contribution < -0.4 is 4.90 Å². The monoisotopic (exact) mass is 243 g/mol. The van der Waals surface area contributed by atoms with Crippen LogP contribution in [0.2, 0.25) is 0 Å². The summed E-state index contributed by atoms with van der Waals surface area (Å²) in [6.07, 6.45) is 3.00. The second-order valence-electron chi connectivity index (χ2n) is 4.41. The first-order chi connectivity index (χ1) is 8.61. The van der Waals surface area contributed by atoms with E-state index in [1.54, 1.807) is 11.0 Å². The normalized spacial score (nSPS) is 10.4. The van der Waals surface area contributed by atoms with Gasteiger partial charge in [-0.05, 0) is 50.1 Å². The number of carbonyl (C=O) groups is 1. The van der Waals surface area contributed by atoms with Crippen LogP contribution >= 0.6 is 0 Å². The minimum Gasteiger partial charge on any atom is -0.472 e. The predicted molar refractivity (Wildman–Crippen MR) is 72.0 cm³/mol. The number of hydrogen-bond acceptors (Lipinski definition) is 2. The Morgan fingerprint density at radius 2 is 1.89 bits per heavy atom. The molecule has 2 rings (SSSR count). The minimum absolute atomic E-state index is 0.0312. The van der Waals surface area contributed by atoms with E-state index in [4.69, 9.17) is 4.42 Å². The summed E-state index contributed by atoms with van der Waals surface area (Å²) in [5.74, 6) is -0.0312. The van der Waals surface area contributed by atoms with E-state index in [0.29, 0.717) is 12.1 Å². The minimum atomic E-state index is -0.0312. The fourth-order valence-corrected chi connectivity index (χ4v) is 2.09. The van der Waals surface area contributed by atoms with Gasteiger partial charge in [-0.25, -0.2) is 0 Å². The molecule has 94 valence electrons. The molecule has 0 fully saturated rings. The van der Waals surface area contributed by atoms with Crippen LogP contribution in [0, 0.1) is 13.8 Å². The number of benzene rings is 1. The molecule has 1 aromatic heterocycles. The molecule has 0 bridgehead atoms. The van der Waals surface area contributed by atoms with Gasteiger partial charge in [0.2, 0.25) is 0 Å². The van der Waals surface area contributed by atoms with E-state index in [1.807, 2.05) is 32.9 Å². The predicted octanol–water partition coefficient (Wildman–Crippen LogP) is 3.56. The van der Waals surface area contributed by atoms with E-state index in [1.165, 1.54) is 12.5 Å². The van der Waals surface area contributed by atoms with Crippen molar-refractivity contribution in [3.63, 3.8) is 0 Å². The molecule has 1 heterocycles. The quantitative estimate of drug-likeness (QED) is 0.825. The molecule has 2 aromatic rings. The van der Waals surface area contributed by atoms with E-state index in [2.05, 4.69) is 6.07 Å². The molecule has 0 aliphatic rings. The number of anilines is 1. The Bertz CT molecular complexity index is 523. The number of amides is 1. The van der Waals surface area contributed by atoms with Crippen LogP contribution in [-0.4, -0.2) is 12.5 Å². The Hall–Kier alpha value is -2.03. The summed E-state index contributed by atoms with van der Waals surface area (Å²) in [4.78, 5) is 14.1. The summed E-state index contributed by atoms with van der Waals surface area (Å²) >= 11 is 0. The summed E-state index contributed by atoms with van der Waals surface area (Å²) in [7, 11) is 0. The van der Waals surface area contributed by atoms with Gasteiger partial charge in [-0.1, -0.05) is 6.07 Å². The molecule has 0 saturated carbocycles. The summed E-state index contributed by atoms with van der Waals surface area (Å²) in [6, 6.07) is 7.83. The highest BCUT2D eigenvalue weighted by atomic mass is 16.3. The molecule has 18 heavy (non-hydrogen) atoms. The van der Waals surface area contributed by atoms with Crippen LogP contribution in [0.3, 0.4) is 0 Å². The fraction of sp³-hybridized carbons (Fsp3) is 0.267. The van der Waals surface area contributed by atoms with Crippen LogP contribution in [0.4, 0.5) is 5.69 Å². The van der Waals surface area contributed by atoms with Crippen molar-refractivity contribution in [1.82, 2.24) is 0 Å². The van der Waals surface area contributed by atoms with E-state index in [0.717, 1.165) is 16.8 Å². The third-order valence-electron chi connectivity index (χ3n) is 2.85. The number of furan rings is 1. The summed E-state index contributed by atoms with van der Waals surface area (Å²) in [5, 5.41) is 0. The van der Waals surface area contributed by atoms with Gasteiger partial charge in [-0.3, -0.25) is 4.79 Å². The van der Waals surface area contributed by atoms with Crippen molar-refractivity contribution in [1.29, 1.82) is 0 Å². The standard InChI is InChI=1S/C15H17NO2/c1-4-16(15(17)13-5-6-18-10-13)14-8-11(2)7-12(3)9-14/h5-10H,4H2,1-3H3. The van der Waals surface area contributed by atoms with Gasteiger partial charge < -0.3 is 9.32 Å². The van der Waals surface area contributed by atoms with Gasteiger partial charge >= 0.3 is 0 Å². The van der Waals surface area contributed by atoms with Gasteiger partial charge in [0.15, 0.2) is 0 Å². The smallest absolute Gasteiger partial charge is 0.261 e. The van der Waals surface area contributed by atoms with E-state index in [-0.39, 0.29) is 5.91 Å². The highest BCUT2D eigenvalue weighted by Crippen LogP contribution is 2.20. The molecule has 1 aromatic carbocycles. The van der Waals surface area contributed by atoms with Crippen LogP contribution in [0.1, 0.15) is 28.4 Å². The molecule has 0 aliphatic heterocycles. The Morgan fingerprint density at radius 1 is 1.22 bits per heavy atom. The number of aryl methyl sites for hydroxylation is 2. The van der Waals surface area contributed by atoms with E-state index < -0.39 is 0 Å². The Morgan fingerprint density at radius 3 is 2.39 bits per heavy atom. The molecule has 0 radical (unpaired) electrons. The third kappa shape index (κ3) is 2.45. The molecular formula is C15H17NO2. The number of carbonyl (C=O) groups excluding carboxylic acids is 1. The molecule has 0 saturated heterocycles.